The lowest BCUT2D eigenvalue weighted by molar-refractivity contribution is -0.151. The quantitative estimate of drug-likeness (QED) is 0.543. The summed E-state index contributed by atoms with van der Waals surface area (Å²) in [6.45, 7) is 1.72. The Balaban J connectivity index is 2.52. The number of nitrogens with two attached hydrogens (primary N) is 1. The lowest BCUT2D eigenvalue weighted by Crippen LogP contribution is -2.56. The zero-order valence-corrected chi connectivity index (χ0v) is 9.98. The van der Waals surface area contributed by atoms with Gasteiger partial charge in [0.15, 0.2) is 0 Å². The van der Waals surface area contributed by atoms with Crippen molar-refractivity contribution in [3.8, 4) is 0 Å². The van der Waals surface area contributed by atoms with E-state index in [0.717, 1.165) is 0 Å². The summed E-state index contributed by atoms with van der Waals surface area (Å²) in [5, 5.41) is 2.51. The van der Waals surface area contributed by atoms with Gasteiger partial charge >= 0.3 is 0 Å². The molecule has 0 aliphatic carbocycles. The fraction of sp³-hybridized carbons (Fsp3) is 0.800. The number of morpholine rings is 1. The van der Waals surface area contributed by atoms with Crippen molar-refractivity contribution in [2.45, 2.75) is 6.04 Å². The van der Waals surface area contributed by atoms with Crippen LogP contribution in [0.1, 0.15) is 0 Å². The molecule has 1 fully saturated rings. The number of likely N-dealkylation sites (N-methyl/N-ethyl adjacent to an activating group) is 1. The van der Waals surface area contributed by atoms with E-state index < -0.39 is 6.04 Å². The molecule has 1 aliphatic heterocycles. The molecule has 7 nitrogen and oxygen atoms in total. The lowest BCUT2D eigenvalue weighted by Gasteiger charge is -2.34. The first-order chi connectivity index (χ1) is 8.20. The van der Waals surface area contributed by atoms with Crippen molar-refractivity contribution in [3.63, 3.8) is 0 Å². The number of hydrogen-bond donors (Lipinski definition) is 2. The van der Waals surface area contributed by atoms with Crippen LogP contribution in [-0.4, -0.2) is 69.3 Å². The van der Waals surface area contributed by atoms with Crippen LogP contribution in [0.2, 0.25) is 0 Å². The molecule has 0 aromatic rings. The molecule has 0 radical (unpaired) electrons. The molecule has 17 heavy (non-hydrogen) atoms. The SMILES string of the molecule is CNC(=O)C1COCCN1C(=O)COCCN. The molecule has 2 amide bonds. The molecule has 1 aliphatic rings. The van der Waals surface area contributed by atoms with Crippen molar-refractivity contribution in [3.05, 3.63) is 0 Å². The van der Waals surface area contributed by atoms with Gasteiger partial charge in [-0.05, 0) is 0 Å². The van der Waals surface area contributed by atoms with Crippen LogP contribution in [0, 0.1) is 0 Å². The number of nitrogens with zero attached hydrogens (tertiary/aromatic N) is 1. The van der Waals surface area contributed by atoms with E-state index in [2.05, 4.69) is 5.32 Å². The smallest absolute Gasteiger partial charge is 0.249 e. The number of carbonyl (C=O) groups excluding carboxylic acids is 2. The molecule has 0 bridgehead atoms. The summed E-state index contributed by atoms with van der Waals surface area (Å²) in [7, 11) is 1.53. The van der Waals surface area contributed by atoms with Crippen LogP contribution >= 0.6 is 0 Å². The van der Waals surface area contributed by atoms with Crippen molar-refractivity contribution in [2.24, 2.45) is 5.73 Å². The Morgan fingerprint density at radius 2 is 2.35 bits per heavy atom. The third-order valence-electron chi connectivity index (χ3n) is 2.49. The molecule has 98 valence electrons. The highest BCUT2D eigenvalue weighted by Crippen LogP contribution is 2.07. The topological polar surface area (TPSA) is 93.9 Å². The number of hydrogen-bond acceptors (Lipinski definition) is 5. The molecule has 1 heterocycles. The molecule has 1 atom stereocenters. The number of nitrogens with one attached hydrogen (secondary N) is 1. The van der Waals surface area contributed by atoms with Crippen LogP contribution in [0.25, 0.3) is 0 Å². The highest BCUT2D eigenvalue weighted by molar-refractivity contribution is 5.88. The number of rotatable bonds is 5. The monoisotopic (exact) mass is 245 g/mol. The maximum Gasteiger partial charge on any atom is 0.249 e. The standard InChI is InChI=1S/C10H19N3O4/c1-12-10(15)8-6-17-5-3-13(8)9(14)7-16-4-2-11/h8H,2-7,11H2,1H3,(H,12,15). The molecule has 0 aromatic heterocycles. The van der Waals surface area contributed by atoms with E-state index in [1.165, 1.54) is 11.9 Å². The first-order valence-electron chi connectivity index (χ1n) is 5.57. The van der Waals surface area contributed by atoms with Gasteiger partial charge in [0.2, 0.25) is 11.8 Å². The van der Waals surface area contributed by atoms with Gasteiger partial charge in [-0.25, -0.2) is 0 Å². The molecule has 1 unspecified atom stereocenters. The Kier molecular flexibility index (Phi) is 5.88. The first-order valence-corrected chi connectivity index (χ1v) is 5.57. The van der Waals surface area contributed by atoms with Crippen molar-refractivity contribution in [1.29, 1.82) is 0 Å². The highest BCUT2D eigenvalue weighted by Gasteiger charge is 2.31. The van der Waals surface area contributed by atoms with Gasteiger partial charge in [0.25, 0.3) is 0 Å². The predicted molar refractivity (Wildman–Crippen MR) is 60.3 cm³/mol. The van der Waals surface area contributed by atoms with Crippen molar-refractivity contribution in [1.82, 2.24) is 10.2 Å². The van der Waals surface area contributed by atoms with Gasteiger partial charge in [-0.2, -0.15) is 0 Å². The largest absolute Gasteiger partial charge is 0.377 e. The second-order valence-corrected chi connectivity index (χ2v) is 3.63. The summed E-state index contributed by atoms with van der Waals surface area (Å²) < 4.78 is 10.3. The average Bonchev–Trinajstić information content (AvgIpc) is 2.38. The first kappa shape index (κ1) is 13.9. The Bertz CT molecular complexity index is 272. The molecular formula is C10H19N3O4. The van der Waals surface area contributed by atoms with Crippen molar-refractivity contribution >= 4 is 11.8 Å². The van der Waals surface area contributed by atoms with Crippen LogP contribution < -0.4 is 11.1 Å². The van der Waals surface area contributed by atoms with Crippen LogP contribution in [0.3, 0.4) is 0 Å². The van der Waals surface area contributed by atoms with Crippen molar-refractivity contribution < 1.29 is 19.1 Å². The summed E-state index contributed by atoms with van der Waals surface area (Å²) >= 11 is 0. The van der Waals surface area contributed by atoms with E-state index in [1.54, 1.807) is 0 Å². The number of carbonyl (C=O) groups is 2. The normalized spacial score (nSPS) is 20.1. The van der Waals surface area contributed by atoms with Crippen LogP contribution in [0.5, 0.6) is 0 Å². The Morgan fingerprint density at radius 3 is 3.00 bits per heavy atom. The molecule has 1 rings (SSSR count). The molecular weight excluding hydrogens is 226 g/mol. The van der Waals surface area contributed by atoms with Gasteiger partial charge in [-0.1, -0.05) is 0 Å². The summed E-state index contributed by atoms with van der Waals surface area (Å²) in [5.41, 5.74) is 5.26. The minimum Gasteiger partial charge on any atom is -0.377 e. The van der Waals surface area contributed by atoms with Crippen LogP contribution in [0.15, 0.2) is 0 Å². The summed E-state index contributed by atoms with van der Waals surface area (Å²) in [6.07, 6.45) is 0. The molecule has 0 saturated carbocycles. The molecule has 3 N–H and O–H groups in total. The average molecular weight is 245 g/mol. The second-order valence-electron chi connectivity index (χ2n) is 3.63. The second kappa shape index (κ2) is 7.21. The Labute approximate surface area is 100 Å². The van der Waals surface area contributed by atoms with Crippen molar-refractivity contribution in [2.75, 3.05) is 46.6 Å². The third-order valence-corrected chi connectivity index (χ3v) is 2.49. The molecule has 0 spiro atoms. The van der Waals surface area contributed by atoms with Crippen LogP contribution in [-0.2, 0) is 19.1 Å². The zero-order valence-electron chi connectivity index (χ0n) is 9.98. The fourth-order valence-corrected chi connectivity index (χ4v) is 1.61. The minimum atomic E-state index is -0.567. The van der Waals surface area contributed by atoms with Gasteiger partial charge in [0.1, 0.15) is 12.6 Å². The highest BCUT2D eigenvalue weighted by atomic mass is 16.5. The van der Waals surface area contributed by atoms with Gasteiger partial charge < -0.3 is 25.4 Å². The molecule has 0 aromatic carbocycles. The molecule has 7 heteroatoms. The van der Waals surface area contributed by atoms with E-state index in [1.807, 2.05) is 0 Å². The van der Waals surface area contributed by atoms with Gasteiger partial charge in [-0.3, -0.25) is 9.59 Å². The van der Waals surface area contributed by atoms with Crippen LogP contribution in [0.4, 0.5) is 0 Å². The zero-order chi connectivity index (χ0) is 12.7. The lowest BCUT2D eigenvalue weighted by atomic mass is 10.2. The van der Waals surface area contributed by atoms with E-state index in [9.17, 15) is 9.59 Å². The number of ether oxygens (including phenoxy) is 2. The van der Waals surface area contributed by atoms with Gasteiger partial charge in [0.05, 0.1) is 19.8 Å². The number of amides is 2. The summed E-state index contributed by atoms with van der Waals surface area (Å²) in [4.78, 5) is 24.9. The summed E-state index contributed by atoms with van der Waals surface area (Å²) in [6, 6.07) is -0.567. The van der Waals surface area contributed by atoms with E-state index in [-0.39, 0.29) is 25.0 Å². The predicted octanol–water partition coefficient (Wildman–Crippen LogP) is -2.06. The van der Waals surface area contributed by atoms with E-state index in [0.29, 0.717) is 26.3 Å². The molecule has 1 saturated heterocycles. The fourth-order valence-electron chi connectivity index (χ4n) is 1.61. The maximum absolute atomic E-state index is 11.8. The summed E-state index contributed by atoms with van der Waals surface area (Å²) in [5.74, 6) is -0.438. The van der Waals surface area contributed by atoms with Gasteiger partial charge in [-0.15, -0.1) is 0 Å². The Hall–Kier alpha value is -1.18. The Morgan fingerprint density at radius 1 is 1.59 bits per heavy atom. The van der Waals surface area contributed by atoms with Gasteiger partial charge in [0, 0.05) is 20.1 Å². The third kappa shape index (κ3) is 3.95. The minimum absolute atomic E-state index is 0.0509. The van der Waals surface area contributed by atoms with E-state index in [4.69, 9.17) is 15.2 Å². The maximum atomic E-state index is 11.8. The van der Waals surface area contributed by atoms with E-state index >= 15 is 0 Å².